The van der Waals surface area contributed by atoms with Crippen molar-refractivity contribution in [1.82, 2.24) is 10.2 Å². The molecule has 2 rings (SSSR count). The molecule has 1 atom stereocenters. The molecule has 0 aliphatic heterocycles. The Kier molecular flexibility index (Phi) is 3.48. The Morgan fingerprint density at radius 1 is 1.21 bits per heavy atom. The van der Waals surface area contributed by atoms with Crippen LogP contribution in [0.1, 0.15) is 20.8 Å². The van der Waals surface area contributed by atoms with Gasteiger partial charge in [0.15, 0.2) is 0 Å². The lowest BCUT2D eigenvalue weighted by molar-refractivity contribution is 0.0649. The van der Waals surface area contributed by atoms with Crippen LogP contribution in [0.25, 0.3) is 11.3 Å². The molecule has 0 saturated carbocycles. The third-order valence-corrected chi connectivity index (χ3v) is 3.23. The highest BCUT2D eigenvalue weighted by atomic mass is 16.3. The summed E-state index contributed by atoms with van der Waals surface area (Å²) in [5, 5.41) is 18.4. The largest absolute Gasteiger partial charge is 0.388 e. The fraction of sp³-hybridized carbons (Fsp3) is 0.357. The number of rotatable bonds is 4. The van der Waals surface area contributed by atoms with E-state index in [1.54, 1.807) is 13.8 Å². The number of aromatic nitrogens is 2. The van der Waals surface area contributed by atoms with Crippen molar-refractivity contribution in [3.8, 4) is 11.3 Å². The van der Waals surface area contributed by atoms with Gasteiger partial charge in [-0.15, -0.1) is 0 Å². The summed E-state index contributed by atoms with van der Waals surface area (Å²) in [6, 6.07) is 9.12. The van der Waals surface area contributed by atoms with Crippen LogP contribution in [0.2, 0.25) is 0 Å². The highest BCUT2D eigenvalue weighted by Crippen LogP contribution is 2.20. The Hall–Kier alpha value is -2.01. The molecule has 0 amide bonds. The van der Waals surface area contributed by atoms with Crippen LogP contribution >= 0.6 is 0 Å². The number of aromatic amines is 2. The highest BCUT2D eigenvalue weighted by molar-refractivity contribution is 5.62. The van der Waals surface area contributed by atoms with Gasteiger partial charge in [0, 0.05) is 11.8 Å². The summed E-state index contributed by atoms with van der Waals surface area (Å²) < 4.78 is 0. The monoisotopic (exact) mass is 261 g/mol. The Balaban J connectivity index is 2.13. The maximum absolute atomic E-state index is 11.1. The molecule has 1 heterocycles. The lowest BCUT2D eigenvalue weighted by Crippen LogP contribution is -2.39. The molecule has 0 bridgehead atoms. The van der Waals surface area contributed by atoms with Gasteiger partial charge in [0.05, 0.1) is 17.3 Å². The molecule has 1 aromatic heterocycles. The second-order valence-corrected chi connectivity index (χ2v) is 5.27. The number of hydrogen-bond acceptors (Lipinski definition) is 3. The van der Waals surface area contributed by atoms with Gasteiger partial charge in [-0.3, -0.25) is 15.0 Å². The molecule has 0 fully saturated rings. The van der Waals surface area contributed by atoms with Gasteiger partial charge in [0.2, 0.25) is 0 Å². The quantitative estimate of drug-likeness (QED) is 0.679. The van der Waals surface area contributed by atoms with Crippen LogP contribution in [-0.2, 0) is 0 Å². The minimum Gasteiger partial charge on any atom is -0.388 e. The van der Waals surface area contributed by atoms with E-state index in [-0.39, 0.29) is 11.6 Å². The summed E-state index contributed by atoms with van der Waals surface area (Å²) >= 11 is 0. The number of anilines is 1. The third-order valence-electron chi connectivity index (χ3n) is 3.23. The van der Waals surface area contributed by atoms with Gasteiger partial charge >= 0.3 is 0 Å². The number of H-pyrrole nitrogens is 2. The van der Waals surface area contributed by atoms with Crippen molar-refractivity contribution in [1.29, 1.82) is 0 Å². The van der Waals surface area contributed by atoms with E-state index in [0.29, 0.717) is 0 Å². The van der Waals surface area contributed by atoms with E-state index >= 15 is 0 Å². The lowest BCUT2D eigenvalue weighted by atomic mass is 10.0. The smallest absolute Gasteiger partial charge is 0.264 e. The van der Waals surface area contributed by atoms with E-state index in [4.69, 9.17) is 0 Å². The molecule has 1 aromatic carbocycles. The number of aliphatic hydroxyl groups is 1. The van der Waals surface area contributed by atoms with Crippen LogP contribution in [0.5, 0.6) is 0 Å². The van der Waals surface area contributed by atoms with Crippen molar-refractivity contribution in [2.24, 2.45) is 0 Å². The van der Waals surface area contributed by atoms with Crippen molar-refractivity contribution < 1.29 is 5.11 Å². The van der Waals surface area contributed by atoms with Crippen molar-refractivity contribution in [3.05, 3.63) is 40.7 Å². The van der Waals surface area contributed by atoms with Crippen LogP contribution < -0.4 is 10.9 Å². The Morgan fingerprint density at radius 3 is 2.32 bits per heavy atom. The molecule has 0 saturated heterocycles. The van der Waals surface area contributed by atoms with Crippen LogP contribution in [0.3, 0.4) is 0 Å². The maximum atomic E-state index is 11.1. The highest BCUT2D eigenvalue weighted by Gasteiger charge is 2.21. The van der Waals surface area contributed by atoms with Gasteiger partial charge in [0.25, 0.3) is 5.56 Å². The first kappa shape index (κ1) is 13.4. The zero-order valence-electron chi connectivity index (χ0n) is 11.3. The first-order valence-electron chi connectivity index (χ1n) is 6.23. The molecule has 0 aliphatic carbocycles. The van der Waals surface area contributed by atoms with E-state index < -0.39 is 5.60 Å². The Labute approximate surface area is 111 Å². The summed E-state index contributed by atoms with van der Waals surface area (Å²) in [6.45, 7) is 5.46. The molecular formula is C14H19N3O2. The molecule has 5 nitrogen and oxygen atoms in total. The van der Waals surface area contributed by atoms with Gasteiger partial charge in [-0.1, -0.05) is 12.1 Å². The van der Waals surface area contributed by atoms with Gasteiger partial charge < -0.3 is 10.4 Å². The molecule has 0 aliphatic rings. The summed E-state index contributed by atoms with van der Waals surface area (Å²) in [6.07, 6.45) is 0. The zero-order chi connectivity index (χ0) is 14.0. The van der Waals surface area contributed by atoms with E-state index in [1.807, 2.05) is 31.2 Å². The number of benzene rings is 1. The molecule has 1 unspecified atom stereocenters. The zero-order valence-corrected chi connectivity index (χ0v) is 11.3. The maximum Gasteiger partial charge on any atom is 0.264 e. The molecule has 2 aromatic rings. The second-order valence-electron chi connectivity index (χ2n) is 5.27. The summed E-state index contributed by atoms with van der Waals surface area (Å²) in [4.78, 5) is 11.1. The predicted molar refractivity (Wildman–Crippen MR) is 76.2 cm³/mol. The van der Waals surface area contributed by atoms with E-state index in [1.165, 1.54) is 6.07 Å². The van der Waals surface area contributed by atoms with Crippen molar-refractivity contribution in [2.75, 3.05) is 5.32 Å². The van der Waals surface area contributed by atoms with Crippen LogP contribution in [0, 0.1) is 0 Å². The molecule has 0 spiro atoms. The van der Waals surface area contributed by atoms with Crippen molar-refractivity contribution in [2.45, 2.75) is 32.4 Å². The first-order valence-corrected chi connectivity index (χ1v) is 6.23. The van der Waals surface area contributed by atoms with Gasteiger partial charge in [-0.25, -0.2) is 0 Å². The van der Waals surface area contributed by atoms with Crippen molar-refractivity contribution >= 4 is 5.69 Å². The van der Waals surface area contributed by atoms with Crippen molar-refractivity contribution in [3.63, 3.8) is 0 Å². The van der Waals surface area contributed by atoms with E-state index in [2.05, 4.69) is 15.5 Å². The second kappa shape index (κ2) is 4.93. The molecule has 5 heteroatoms. The third kappa shape index (κ3) is 3.26. The standard InChI is InChI=1S/C14H19N3O2/c1-9(14(2,3)19)15-11-6-4-10(5-7-11)12-8-13(18)17-16-12/h4-9,15,19H,1-3H3,(H2,16,17,18). The molecular weight excluding hydrogens is 242 g/mol. The Bertz CT molecular complexity index is 590. The average Bonchev–Trinajstić information content (AvgIpc) is 2.75. The minimum absolute atomic E-state index is 0.0644. The Morgan fingerprint density at radius 2 is 1.84 bits per heavy atom. The molecule has 19 heavy (non-hydrogen) atoms. The van der Waals surface area contributed by atoms with Crippen LogP contribution in [-0.4, -0.2) is 26.9 Å². The van der Waals surface area contributed by atoms with Crippen LogP contribution in [0.15, 0.2) is 35.1 Å². The lowest BCUT2D eigenvalue weighted by Gasteiger charge is -2.27. The van der Waals surface area contributed by atoms with Gasteiger partial charge in [-0.05, 0) is 38.5 Å². The van der Waals surface area contributed by atoms with E-state index in [9.17, 15) is 9.90 Å². The minimum atomic E-state index is -0.787. The average molecular weight is 261 g/mol. The first-order chi connectivity index (χ1) is 8.86. The number of nitrogens with one attached hydrogen (secondary N) is 3. The van der Waals surface area contributed by atoms with Crippen LogP contribution in [0.4, 0.5) is 5.69 Å². The predicted octanol–water partition coefficient (Wildman–Crippen LogP) is 1.94. The number of hydrogen-bond donors (Lipinski definition) is 4. The van der Waals surface area contributed by atoms with E-state index in [0.717, 1.165) is 16.9 Å². The van der Waals surface area contributed by atoms with Gasteiger partial charge in [-0.2, -0.15) is 0 Å². The molecule has 4 N–H and O–H groups in total. The summed E-state index contributed by atoms with van der Waals surface area (Å²) in [5.41, 5.74) is 1.68. The summed E-state index contributed by atoms with van der Waals surface area (Å²) in [7, 11) is 0. The molecule has 0 radical (unpaired) electrons. The van der Waals surface area contributed by atoms with Gasteiger partial charge in [0.1, 0.15) is 0 Å². The fourth-order valence-electron chi connectivity index (χ4n) is 1.66. The molecule has 102 valence electrons. The fourth-order valence-corrected chi connectivity index (χ4v) is 1.66. The summed E-state index contributed by atoms with van der Waals surface area (Å²) in [5.74, 6) is 0. The SMILES string of the molecule is CC(Nc1ccc(-c2cc(=O)[nH][nH]2)cc1)C(C)(C)O. The topological polar surface area (TPSA) is 80.9 Å². The normalized spacial score (nSPS) is 13.3.